The maximum Gasteiger partial charge on any atom is 0.418 e. The fourth-order valence-corrected chi connectivity index (χ4v) is 3.91. The molecule has 1 aliphatic heterocycles. The van der Waals surface area contributed by atoms with E-state index in [-0.39, 0.29) is 12.2 Å². The topological polar surface area (TPSA) is 109 Å². The van der Waals surface area contributed by atoms with Crippen molar-refractivity contribution in [3.8, 4) is 5.69 Å². The molecule has 1 aromatic heterocycles. The number of carbonyl (C=O) groups excluding carboxylic acids is 1. The van der Waals surface area contributed by atoms with E-state index in [1.54, 1.807) is 0 Å². The number of aromatic nitrogens is 3. The van der Waals surface area contributed by atoms with Gasteiger partial charge in [-0.05, 0) is 31.0 Å². The molecule has 2 heterocycles. The number of hydrogen-bond donors (Lipinski definition) is 2. The van der Waals surface area contributed by atoms with Gasteiger partial charge in [0.15, 0.2) is 0 Å². The fourth-order valence-electron chi connectivity index (χ4n) is 3.11. The lowest BCUT2D eigenvalue weighted by molar-refractivity contribution is -0.136. The minimum atomic E-state index is -4.71. The summed E-state index contributed by atoms with van der Waals surface area (Å²) in [5, 5.41) is 6.08. The first-order valence-electron chi connectivity index (χ1n) is 8.62. The van der Waals surface area contributed by atoms with Crippen LogP contribution in [-0.2, 0) is 16.2 Å². The second-order valence-electron chi connectivity index (χ2n) is 6.67. The Hall–Kier alpha value is -2.67. The number of sulfonamides is 1. The fraction of sp³-hybridized carbons (Fsp3) is 0.438. The van der Waals surface area contributed by atoms with E-state index >= 15 is 0 Å². The molecule has 158 valence electrons. The van der Waals surface area contributed by atoms with Crippen LogP contribution in [0.25, 0.3) is 5.69 Å². The molecule has 1 saturated heterocycles. The third kappa shape index (κ3) is 5.44. The van der Waals surface area contributed by atoms with E-state index in [4.69, 9.17) is 0 Å². The van der Waals surface area contributed by atoms with Gasteiger partial charge in [0.05, 0.1) is 23.2 Å². The standard InChI is InChI=1S/C16H19F3N6O3S/c1-29(27,28)23-11-3-2-6-24(8-11)15(26)22-14-5-4-12(25-10-20-9-21-25)7-13(14)16(17,18)19/h4-5,7,9-11,23H,2-3,6,8H2,1H3,(H,22,26)/t11-/m0/s1. The molecule has 0 bridgehead atoms. The number of amides is 2. The highest BCUT2D eigenvalue weighted by molar-refractivity contribution is 7.88. The van der Waals surface area contributed by atoms with Crippen molar-refractivity contribution in [3.63, 3.8) is 0 Å². The second-order valence-corrected chi connectivity index (χ2v) is 8.45. The second kappa shape index (κ2) is 7.99. The molecule has 9 nitrogen and oxygen atoms in total. The van der Waals surface area contributed by atoms with Crippen LogP contribution in [0.15, 0.2) is 30.9 Å². The minimum Gasteiger partial charge on any atom is -0.323 e. The summed E-state index contributed by atoms with van der Waals surface area (Å²) in [6.45, 7) is 0.378. The highest BCUT2D eigenvalue weighted by Crippen LogP contribution is 2.36. The van der Waals surface area contributed by atoms with Crippen LogP contribution in [0.4, 0.5) is 23.7 Å². The molecular formula is C16H19F3N6O3S. The molecule has 0 saturated carbocycles. The Kier molecular flexibility index (Phi) is 5.80. The van der Waals surface area contributed by atoms with Crippen molar-refractivity contribution in [2.24, 2.45) is 0 Å². The van der Waals surface area contributed by atoms with Crippen LogP contribution in [-0.4, -0.2) is 59.5 Å². The maximum absolute atomic E-state index is 13.5. The van der Waals surface area contributed by atoms with Crippen LogP contribution in [0, 0.1) is 0 Å². The van der Waals surface area contributed by atoms with E-state index in [0.29, 0.717) is 19.4 Å². The molecule has 1 aromatic carbocycles. The van der Waals surface area contributed by atoms with E-state index in [1.165, 1.54) is 28.3 Å². The Balaban J connectivity index is 1.79. The zero-order valence-electron chi connectivity index (χ0n) is 15.3. The SMILES string of the molecule is CS(=O)(=O)N[C@H]1CCCN(C(=O)Nc2ccc(-n3cncn3)cc2C(F)(F)F)C1. The first-order valence-corrected chi connectivity index (χ1v) is 10.5. The predicted molar refractivity (Wildman–Crippen MR) is 98.0 cm³/mol. The maximum atomic E-state index is 13.5. The van der Waals surface area contributed by atoms with Crippen molar-refractivity contribution >= 4 is 21.7 Å². The quantitative estimate of drug-likeness (QED) is 0.766. The molecule has 2 N–H and O–H groups in total. The first-order chi connectivity index (χ1) is 13.5. The van der Waals surface area contributed by atoms with Gasteiger partial charge in [-0.25, -0.2) is 27.6 Å². The molecule has 2 amide bonds. The number of benzene rings is 1. The number of carbonyl (C=O) groups is 1. The van der Waals surface area contributed by atoms with Crippen molar-refractivity contribution in [1.82, 2.24) is 24.4 Å². The molecule has 13 heteroatoms. The third-order valence-corrected chi connectivity index (χ3v) is 5.08. The molecule has 1 fully saturated rings. The molecule has 0 aliphatic carbocycles. The van der Waals surface area contributed by atoms with Crippen molar-refractivity contribution < 1.29 is 26.4 Å². The van der Waals surface area contributed by atoms with Crippen LogP contribution >= 0.6 is 0 Å². The van der Waals surface area contributed by atoms with Gasteiger partial charge in [-0.2, -0.15) is 18.3 Å². The Morgan fingerprint density at radius 1 is 1.31 bits per heavy atom. The number of likely N-dealkylation sites (tertiary alicyclic amines) is 1. The number of halogens is 3. The third-order valence-electron chi connectivity index (χ3n) is 4.32. The lowest BCUT2D eigenvalue weighted by atomic mass is 10.1. The van der Waals surface area contributed by atoms with Gasteiger partial charge < -0.3 is 10.2 Å². The summed E-state index contributed by atoms with van der Waals surface area (Å²) in [7, 11) is -3.45. The van der Waals surface area contributed by atoms with Crippen molar-refractivity contribution in [3.05, 3.63) is 36.4 Å². The van der Waals surface area contributed by atoms with Crippen LogP contribution < -0.4 is 10.0 Å². The smallest absolute Gasteiger partial charge is 0.323 e. The largest absolute Gasteiger partial charge is 0.418 e. The molecule has 1 aliphatic rings. The van der Waals surface area contributed by atoms with Gasteiger partial charge in [0.1, 0.15) is 12.7 Å². The number of hydrogen-bond acceptors (Lipinski definition) is 5. The van der Waals surface area contributed by atoms with Crippen molar-refractivity contribution in [2.75, 3.05) is 24.7 Å². The Bertz CT molecular complexity index is 978. The van der Waals surface area contributed by atoms with E-state index < -0.39 is 39.5 Å². The summed E-state index contributed by atoms with van der Waals surface area (Å²) in [6, 6.07) is 2.18. The van der Waals surface area contributed by atoms with Crippen LogP contribution in [0.2, 0.25) is 0 Å². The van der Waals surface area contributed by atoms with Gasteiger partial charge in [0, 0.05) is 19.1 Å². The van der Waals surface area contributed by atoms with Crippen molar-refractivity contribution in [2.45, 2.75) is 25.1 Å². The highest BCUT2D eigenvalue weighted by Gasteiger charge is 2.35. The zero-order chi connectivity index (χ0) is 21.2. The summed E-state index contributed by atoms with van der Waals surface area (Å²) in [4.78, 5) is 17.5. The molecule has 0 unspecified atom stereocenters. The van der Waals surface area contributed by atoms with Gasteiger partial charge in [0.2, 0.25) is 10.0 Å². The summed E-state index contributed by atoms with van der Waals surface area (Å²) < 4.78 is 66.9. The average molecular weight is 432 g/mol. The number of urea groups is 1. The van der Waals surface area contributed by atoms with E-state index in [9.17, 15) is 26.4 Å². The molecular weight excluding hydrogens is 413 g/mol. The Morgan fingerprint density at radius 2 is 2.07 bits per heavy atom. The molecule has 0 spiro atoms. The van der Waals surface area contributed by atoms with Gasteiger partial charge >= 0.3 is 12.2 Å². The van der Waals surface area contributed by atoms with Crippen LogP contribution in [0.1, 0.15) is 18.4 Å². The van der Waals surface area contributed by atoms with Crippen LogP contribution in [0.5, 0.6) is 0 Å². The summed E-state index contributed by atoms with van der Waals surface area (Å²) in [6.07, 6.45) is -0.175. The van der Waals surface area contributed by atoms with Gasteiger partial charge in [0.25, 0.3) is 0 Å². The summed E-state index contributed by atoms with van der Waals surface area (Å²) >= 11 is 0. The van der Waals surface area contributed by atoms with Crippen LogP contribution in [0.3, 0.4) is 0 Å². The number of rotatable bonds is 4. The predicted octanol–water partition coefficient (Wildman–Crippen LogP) is 1.83. The van der Waals surface area contributed by atoms with E-state index in [0.717, 1.165) is 18.4 Å². The highest BCUT2D eigenvalue weighted by atomic mass is 32.2. The van der Waals surface area contributed by atoms with E-state index in [1.807, 2.05) is 0 Å². The first kappa shape index (κ1) is 21.0. The number of piperidine rings is 1. The summed E-state index contributed by atoms with van der Waals surface area (Å²) in [5.41, 5.74) is -1.28. The molecule has 29 heavy (non-hydrogen) atoms. The van der Waals surface area contributed by atoms with Gasteiger partial charge in [-0.1, -0.05) is 0 Å². The normalized spacial score (nSPS) is 17.9. The minimum absolute atomic E-state index is 0.0668. The van der Waals surface area contributed by atoms with Crippen molar-refractivity contribution in [1.29, 1.82) is 0 Å². The lowest BCUT2D eigenvalue weighted by Crippen LogP contribution is -2.50. The number of nitrogens with one attached hydrogen (secondary N) is 2. The molecule has 2 aromatic rings. The van der Waals surface area contributed by atoms with E-state index in [2.05, 4.69) is 20.1 Å². The summed E-state index contributed by atoms with van der Waals surface area (Å²) in [5.74, 6) is 0. The molecule has 0 radical (unpaired) electrons. The van der Waals surface area contributed by atoms with Gasteiger partial charge in [-0.15, -0.1) is 0 Å². The molecule has 1 atom stereocenters. The monoisotopic (exact) mass is 432 g/mol. The number of anilines is 1. The van der Waals surface area contributed by atoms with Gasteiger partial charge in [-0.3, -0.25) is 0 Å². The number of nitrogens with zero attached hydrogens (tertiary/aromatic N) is 4. The number of alkyl halides is 3. The zero-order valence-corrected chi connectivity index (χ0v) is 16.2. The lowest BCUT2D eigenvalue weighted by Gasteiger charge is -2.33. The Morgan fingerprint density at radius 3 is 2.69 bits per heavy atom. The molecule has 3 rings (SSSR count). The Labute approximate surface area is 165 Å². The average Bonchev–Trinajstić information content (AvgIpc) is 3.14.